The summed E-state index contributed by atoms with van der Waals surface area (Å²) >= 11 is 0. The van der Waals surface area contributed by atoms with Crippen molar-refractivity contribution in [2.75, 3.05) is 13.1 Å². The number of benzene rings is 1. The summed E-state index contributed by atoms with van der Waals surface area (Å²) in [6.45, 7) is 9.22. The van der Waals surface area contributed by atoms with Gasteiger partial charge in [0.15, 0.2) is 0 Å². The Hall–Kier alpha value is -0.820. The second kappa shape index (κ2) is 4.58. The molecule has 16 heavy (non-hydrogen) atoms. The molecule has 1 fully saturated rings. The molecule has 0 saturated carbocycles. The van der Waals surface area contributed by atoms with Crippen LogP contribution in [0.2, 0.25) is 0 Å². The molecule has 0 amide bonds. The van der Waals surface area contributed by atoms with Gasteiger partial charge >= 0.3 is 0 Å². The molecule has 88 valence electrons. The third-order valence-electron chi connectivity index (χ3n) is 4.11. The molecule has 1 heterocycles. The van der Waals surface area contributed by atoms with Gasteiger partial charge in [0.25, 0.3) is 0 Å². The van der Waals surface area contributed by atoms with Crippen molar-refractivity contribution >= 4 is 0 Å². The topological polar surface area (TPSA) is 12.0 Å². The van der Waals surface area contributed by atoms with E-state index >= 15 is 0 Å². The zero-order valence-corrected chi connectivity index (χ0v) is 10.7. The fraction of sp³-hybridized carbons (Fsp3) is 0.600. The highest BCUT2D eigenvalue weighted by Crippen LogP contribution is 2.29. The summed E-state index contributed by atoms with van der Waals surface area (Å²) in [4.78, 5) is 0. The van der Waals surface area contributed by atoms with Gasteiger partial charge in [0.2, 0.25) is 0 Å². The third kappa shape index (κ3) is 2.30. The Balaban J connectivity index is 2.15. The van der Waals surface area contributed by atoms with Crippen LogP contribution in [-0.4, -0.2) is 13.1 Å². The average molecular weight is 217 g/mol. The first-order valence-electron chi connectivity index (χ1n) is 6.44. The maximum atomic E-state index is 3.43. The van der Waals surface area contributed by atoms with E-state index in [1.165, 1.54) is 30.5 Å². The van der Waals surface area contributed by atoms with Crippen molar-refractivity contribution in [2.24, 2.45) is 0 Å². The number of rotatable bonds is 3. The highest BCUT2D eigenvalue weighted by Gasteiger charge is 2.20. The predicted octanol–water partition coefficient (Wildman–Crippen LogP) is 3.45. The molecule has 0 spiro atoms. The molecule has 1 atom stereocenters. The molecule has 0 radical (unpaired) electrons. The number of hydrogen-bond donors (Lipinski definition) is 1. The van der Waals surface area contributed by atoms with Crippen LogP contribution < -0.4 is 5.32 Å². The van der Waals surface area contributed by atoms with Crippen LogP contribution in [0.4, 0.5) is 0 Å². The normalized spacial score (nSPS) is 21.3. The summed E-state index contributed by atoms with van der Waals surface area (Å²) in [5.41, 5.74) is 3.28. The second-order valence-corrected chi connectivity index (χ2v) is 5.55. The maximum absolute atomic E-state index is 3.43. The lowest BCUT2D eigenvalue weighted by atomic mass is 9.81. The van der Waals surface area contributed by atoms with E-state index in [1.807, 2.05) is 0 Å². The van der Waals surface area contributed by atoms with Crippen LogP contribution in [0.25, 0.3) is 0 Å². The fourth-order valence-corrected chi connectivity index (χ4v) is 2.35. The first-order chi connectivity index (χ1) is 7.63. The first-order valence-corrected chi connectivity index (χ1v) is 6.44. The lowest BCUT2D eigenvalue weighted by Gasteiger charge is -2.24. The monoisotopic (exact) mass is 217 g/mol. The summed E-state index contributed by atoms with van der Waals surface area (Å²) < 4.78 is 0. The van der Waals surface area contributed by atoms with Crippen molar-refractivity contribution in [1.82, 2.24) is 5.32 Å². The minimum atomic E-state index is 0.312. The van der Waals surface area contributed by atoms with Crippen molar-refractivity contribution in [3.63, 3.8) is 0 Å². The van der Waals surface area contributed by atoms with E-state index in [0.717, 1.165) is 12.5 Å². The zero-order chi connectivity index (χ0) is 11.6. The van der Waals surface area contributed by atoms with E-state index in [4.69, 9.17) is 0 Å². The lowest BCUT2D eigenvalue weighted by Crippen LogP contribution is -2.15. The molecular weight excluding hydrogens is 194 g/mol. The summed E-state index contributed by atoms with van der Waals surface area (Å²) in [6.07, 6.45) is 2.48. The molecule has 1 aliphatic heterocycles. The molecule has 1 saturated heterocycles. The first kappa shape index (κ1) is 11.7. The largest absolute Gasteiger partial charge is 0.316 e. The quantitative estimate of drug-likeness (QED) is 0.817. The number of nitrogens with one attached hydrogen (secondary N) is 1. The van der Waals surface area contributed by atoms with Gasteiger partial charge in [-0.05, 0) is 41.8 Å². The second-order valence-electron chi connectivity index (χ2n) is 5.55. The molecule has 0 bridgehead atoms. The van der Waals surface area contributed by atoms with Gasteiger partial charge in [-0.3, -0.25) is 0 Å². The van der Waals surface area contributed by atoms with E-state index < -0.39 is 0 Å². The van der Waals surface area contributed by atoms with E-state index in [2.05, 4.69) is 50.4 Å². The molecule has 1 nitrogen and oxygen atoms in total. The van der Waals surface area contributed by atoms with Gasteiger partial charge in [-0.15, -0.1) is 0 Å². The van der Waals surface area contributed by atoms with Gasteiger partial charge in [-0.25, -0.2) is 0 Å². The predicted molar refractivity (Wildman–Crippen MR) is 70.0 cm³/mol. The van der Waals surface area contributed by atoms with Gasteiger partial charge in [-0.2, -0.15) is 0 Å². The molecule has 0 aliphatic carbocycles. The molecule has 1 aromatic carbocycles. The highest BCUT2D eigenvalue weighted by molar-refractivity contribution is 5.30. The van der Waals surface area contributed by atoms with Crippen molar-refractivity contribution < 1.29 is 0 Å². The van der Waals surface area contributed by atoms with Crippen molar-refractivity contribution in [1.29, 1.82) is 0 Å². The van der Waals surface area contributed by atoms with Crippen LogP contribution in [0.15, 0.2) is 24.3 Å². The van der Waals surface area contributed by atoms with Crippen molar-refractivity contribution in [3.8, 4) is 0 Å². The van der Waals surface area contributed by atoms with Gasteiger partial charge in [0.05, 0.1) is 0 Å². The van der Waals surface area contributed by atoms with Gasteiger partial charge in [0.1, 0.15) is 0 Å². The molecule has 1 unspecified atom stereocenters. The van der Waals surface area contributed by atoms with Crippen LogP contribution >= 0.6 is 0 Å². The van der Waals surface area contributed by atoms with E-state index in [0.29, 0.717) is 5.41 Å². The number of hydrogen-bond acceptors (Lipinski definition) is 1. The maximum Gasteiger partial charge on any atom is 0.00206 e. The fourth-order valence-electron chi connectivity index (χ4n) is 2.35. The van der Waals surface area contributed by atoms with E-state index in [-0.39, 0.29) is 0 Å². The smallest absolute Gasteiger partial charge is 0.00206 e. The molecule has 1 N–H and O–H groups in total. The SMILES string of the molecule is CCC(C)(C)c1ccc(C2CCNC2)cc1. The van der Waals surface area contributed by atoms with Gasteiger partial charge < -0.3 is 5.32 Å². The van der Waals surface area contributed by atoms with Crippen LogP contribution in [0.5, 0.6) is 0 Å². The Bertz CT molecular complexity index is 331. The van der Waals surface area contributed by atoms with Crippen molar-refractivity contribution in [3.05, 3.63) is 35.4 Å². The molecule has 2 rings (SSSR count). The van der Waals surface area contributed by atoms with Gasteiger partial charge in [-0.1, -0.05) is 45.0 Å². The molecule has 1 heteroatoms. The third-order valence-corrected chi connectivity index (χ3v) is 4.11. The summed E-state index contributed by atoms with van der Waals surface area (Å²) in [7, 11) is 0. The summed E-state index contributed by atoms with van der Waals surface area (Å²) in [5, 5.41) is 3.43. The Morgan fingerprint density at radius 2 is 1.94 bits per heavy atom. The molecule has 1 aliphatic rings. The highest BCUT2D eigenvalue weighted by atomic mass is 14.9. The average Bonchev–Trinajstić information content (AvgIpc) is 2.83. The minimum Gasteiger partial charge on any atom is -0.316 e. The minimum absolute atomic E-state index is 0.312. The summed E-state index contributed by atoms with van der Waals surface area (Å²) in [5.74, 6) is 0.735. The van der Waals surface area contributed by atoms with Crippen LogP contribution in [0.3, 0.4) is 0 Å². The Morgan fingerprint density at radius 3 is 2.44 bits per heavy atom. The Labute approximate surface area is 99.3 Å². The standard InChI is InChI=1S/C15H23N/c1-4-15(2,3)14-7-5-12(6-8-14)13-9-10-16-11-13/h5-8,13,16H,4,9-11H2,1-3H3. The van der Waals surface area contributed by atoms with E-state index in [9.17, 15) is 0 Å². The van der Waals surface area contributed by atoms with Crippen LogP contribution in [0.1, 0.15) is 50.7 Å². The Kier molecular flexibility index (Phi) is 3.34. The van der Waals surface area contributed by atoms with Crippen molar-refractivity contribution in [2.45, 2.75) is 44.9 Å². The molecule has 1 aromatic rings. The summed E-state index contributed by atoms with van der Waals surface area (Å²) in [6, 6.07) is 9.28. The van der Waals surface area contributed by atoms with Crippen LogP contribution in [-0.2, 0) is 5.41 Å². The van der Waals surface area contributed by atoms with E-state index in [1.54, 1.807) is 0 Å². The molecule has 0 aromatic heterocycles. The van der Waals surface area contributed by atoms with Crippen LogP contribution in [0, 0.1) is 0 Å². The zero-order valence-electron chi connectivity index (χ0n) is 10.7. The molecular formula is C15H23N. The Morgan fingerprint density at radius 1 is 1.25 bits per heavy atom. The lowest BCUT2D eigenvalue weighted by molar-refractivity contribution is 0.506. The van der Waals surface area contributed by atoms with Gasteiger partial charge in [0, 0.05) is 6.54 Å².